The van der Waals surface area contributed by atoms with Crippen molar-refractivity contribution in [3.63, 3.8) is 0 Å². The number of nitrogens with zero attached hydrogens (tertiary/aromatic N) is 3. The van der Waals surface area contributed by atoms with Crippen LogP contribution in [0.25, 0.3) is 0 Å². The molecule has 0 aromatic rings. The van der Waals surface area contributed by atoms with E-state index < -0.39 is 11.5 Å². The fourth-order valence-electron chi connectivity index (χ4n) is 2.16. The minimum atomic E-state index is -0.729. The van der Waals surface area contributed by atoms with Crippen molar-refractivity contribution in [2.75, 3.05) is 32.7 Å². The predicted octanol–water partition coefficient (Wildman–Crippen LogP) is -0.716. The Kier molecular flexibility index (Phi) is 5.13. The first-order valence-corrected chi connectivity index (χ1v) is 6.45. The van der Waals surface area contributed by atoms with Gasteiger partial charge in [-0.3, -0.25) is 9.69 Å². The van der Waals surface area contributed by atoms with Gasteiger partial charge >= 0.3 is 0 Å². The van der Waals surface area contributed by atoms with E-state index in [1.54, 1.807) is 25.7 Å². The van der Waals surface area contributed by atoms with Crippen LogP contribution in [0.2, 0.25) is 0 Å². The van der Waals surface area contributed by atoms with Gasteiger partial charge in [0, 0.05) is 32.7 Å². The Morgan fingerprint density at radius 2 is 1.89 bits per heavy atom. The lowest BCUT2D eigenvalue weighted by Gasteiger charge is -2.38. The van der Waals surface area contributed by atoms with Gasteiger partial charge in [-0.15, -0.1) is 0 Å². The Morgan fingerprint density at radius 3 is 2.32 bits per heavy atom. The van der Waals surface area contributed by atoms with Gasteiger partial charge in [0.25, 0.3) is 0 Å². The summed E-state index contributed by atoms with van der Waals surface area (Å²) in [6, 6.07) is 0. The molecule has 1 fully saturated rings. The van der Waals surface area contributed by atoms with Gasteiger partial charge in [-0.1, -0.05) is 5.16 Å². The summed E-state index contributed by atoms with van der Waals surface area (Å²) in [4.78, 5) is 15.9. The van der Waals surface area contributed by atoms with E-state index in [2.05, 4.69) is 10.1 Å². The largest absolute Gasteiger partial charge is 0.409 e. The first-order chi connectivity index (χ1) is 8.74. The molecule has 0 radical (unpaired) electrons. The molecule has 0 saturated carbocycles. The molecule has 1 atom stereocenters. The summed E-state index contributed by atoms with van der Waals surface area (Å²) in [5, 5.41) is 21.2. The lowest BCUT2D eigenvalue weighted by Crippen LogP contribution is -2.53. The Bertz CT molecular complexity index is 343. The van der Waals surface area contributed by atoms with Gasteiger partial charge in [-0.2, -0.15) is 0 Å². The SMILES string of the molecule is CC(C(=O)N1CCN(CC(C)(C)O)CC1)C(N)=NO. The summed E-state index contributed by atoms with van der Waals surface area (Å²) in [7, 11) is 0. The normalized spacial score (nSPS) is 20.4. The highest BCUT2D eigenvalue weighted by Crippen LogP contribution is 2.11. The van der Waals surface area contributed by atoms with Crippen molar-refractivity contribution in [1.82, 2.24) is 9.80 Å². The molecule has 19 heavy (non-hydrogen) atoms. The Labute approximate surface area is 113 Å². The Balaban J connectivity index is 2.48. The maximum Gasteiger partial charge on any atom is 0.233 e. The lowest BCUT2D eigenvalue weighted by atomic mass is 10.1. The number of nitrogens with two attached hydrogens (primary N) is 1. The van der Waals surface area contributed by atoms with Crippen molar-refractivity contribution in [1.29, 1.82) is 0 Å². The zero-order chi connectivity index (χ0) is 14.6. The molecule has 1 heterocycles. The van der Waals surface area contributed by atoms with Gasteiger partial charge < -0.3 is 20.9 Å². The summed E-state index contributed by atoms with van der Waals surface area (Å²) in [6.45, 7) is 8.38. The monoisotopic (exact) mass is 272 g/mol. The second kappa shape index (κ2) is 6.21. The second-order valence-electron chi connectivity index (χ2n) is 5.66. The number of carbonyl (C=O) groups excluding carboxylic acids is 1. The maximum absolute atomic E-state index is 12.1. The summed E-state index contributed by atoms with van der Waals surface area (Å²) in [5.74, 6) is -0.798. The van der Waals surface area contributed by atoms with Crippen LogP contribution in [0, 0.1) is 5.92 Å². The van der Waals surface area contributed by atoms with E-state index in [-0.39, 0.29) is 11.7 Å². The number of amides is 1. The van der Waals surface area contributed by atoms with Crippen molar-refractivity contribution in [2.45, 2.75) is 26.4 Å². The minimum absolute atomic E-state index is 0.0658. The molecular formula is C12H24N4O3. The molecule has 0 spiro atoms. The van der Waals surface area contributed by atoms with Crippen LogP contribution < -0.4 is 5.73 Å². The third-order valence-corrected chi connectivity index (χ3v) is 3.22. The molecule has 1 unspecified atom stereocenters. The molecule has 1 aliphatic heterocycles. The van der Waals surface area contributed by atoms with Crippen LogP contribution in [0.1, 0.15) is 20.8 Å². The molecular weight excluding hydrogens is 248 g/mol. The molecule has 4 N–H and O–H groups in total. The zero-order valence-electron chi connectivity index (χ0n) is 11.8. The number of β-amino-alcohol motifs (C(OH)–C–C–N with tert-alkyl or cyclic N) is 1. The van der Waals surface area contributed by atoms with Crippen molar-refractivity contribution in [2.24, 2.45) is 16.8 Å². The average molecular weight is 272 g/mol. The number of piperazine rings is 1. The number of hydrogen-bond acceptors (Lipinski definition) is 5. The van der Waals surface area contributed by atoms with Gasteiger partial charge in [0.1, 0.15) is 0 Å². The molecule has 1 rings (SSSR count). The van der Waals surface area contributed by atoms with E-state index in [1.165, 1.54) is 0 Å². The topological polar surface area (TPSA) is 102 Å². The molecule has 0 aliphatic carbocycles. The molecule has 0 bridgehead atoms. The van der Waals surface area contributed by atoms with Gasteiger partial charge in [-0.25, -0.2) is 0 Å². The van der Waals surface area contributed by atoms with Gasteiger partial charge in [-0.05, 0) is 20.8 Å². The summed E-state index contributed by atoms with van der Waals surface area (Å²) >= 11 is 0. The lowest BCUT2D eigenvalue weighted by molar-refractivity contribution is -0.135. The van der Waals surface area contributed by atoms with Crippen LogP contribution >= 0.6 is 0 Å². The average Bonchev–Trinajstić information content (AvgIpc) is 2.35. The van der Waals surface area contributed by atoms with E-state index in [9.17, 15) is 9.90 Å². The predicted molar refractivity (Wildman–Crippen MR) is 71.9 cm³/mol. The fourth-order valence-corrected chi connectivity index (χ4v) is 2.16. The van der Waals surface area contributed by atoms with Crippen molar-refractivity contribution in [3.8, 4) is 0 Å². The summed E-state index contributed by atoms with van der Waals surface area (Å²) in [5.41, 5.74) is 4.71. The molecule has 0 aromatic carbocycles. The number of rotatable bonds is 4. The molecule has 110 valence electrons. The Morgan fingerprint density at radius 1 is 1.37 bits per heavy atom. The van der Waals surface area contributed by atoms with Gasteiger partial charge in [0.2, 0.25) is 5.91 Å². The fraction of sp³-hybridized carbons (Fsp3) is 0.833. The molecule has 7 nitrogen and oxygen atoms in total. The number of oxime groups is 1. The third kappa shape index (κ3) is 4.68. The van der Waals surface area contributed by atoms with E-state index in [1.807, 2.05) is 0 Å². The van der Waals surface area contributed by atoms with E-state index in [0.29, 0.717) is 19.6 Å². The standard InChI is InChI=1S/C12H24N4O3/c1-9(10(13)14-19)11(17)16-6-4-15(5-7-16)8-12(2,3)18/h9,18-19H,4-8H2,1-3H3,(H2,13,14). The third-order valence-electron chi connectivity index (χ3n) is 3.22. The van der Waals surface area contributed by atoms with E-state index in [0.717, 1.165) is 13.1 Å². The summed E-state index contributed by atoms with van der Waals surface area (Å²) < 4.78 is 0. The number of hydrogen-bond donors (Lipinski definition) is 3. The van der Waals surface area contributed by atoms with Crippen molar-refractivity contribution < 1.29 is 15.1 Å². The molecule has 0 aromatic heterocycles. The molecule has 1 amide bonds. The van der Waals surface area contributed by atoms with Crippen LogP contribution in [0.15, 0.2) is 5.16 Å². The van der Waals surface area contributed by atoms with Crippen LogP contribution in [0.4, 0.5) is 0 Å². The second-order valence-corrected chi connectivity index (χ2v) is 5.66. The van der Waals surface area contributed by atoms with Crippen molar-refractivity contribution >= 4 is 11.7 Å². The highest BCUT2D eigenvalue weighted by molar-refractivity contribution is 6.01. The number of aliphatic hydroxyl groups is 1. The number of carbonyl (C=O) groups is 1. The van der Waals surface area contributed by atoms with E-state index >= 15 is 0 Å². The summed E-state index contributed by atoms with van der Waals surface area (Å²) in [6.07, 6.45) is 0. The minimum Gasteiger partial charge on any atom is -0.409 e. The van der Waals surface area contributed by atoms with Crippen molar-refractivity contribution in [3.05, 3.63) is 0 Å². The van der Waals surface area contributed by atoms with Crippen LogP contribution in [0.3, 0.4) is 0 Å². The molecule has 7 heteroatoms. The quantitative estimate of drug-likeness (QED) is 0.271. The van der Waals surface area contributed by atoms with Crippen LogP contribution in [0.5, 0.6) is 0 Å². The molecule has 1 saturated heterocycles. The van der Waals surface area contributed by atoms with Crippen LogP contribution in [-0.4, -0.2) is 70.2 Å². The molecule has 1 aliphatic rings. The maximum atomic E-state index is 12.1. The van der Waals surface area contributed by atoms with Gasteiger partial charge in [0.15, 0.2) is 5.84 Å². The van der Waals surface area contributed by atoms with Gasteiger partial charge in [0.05, 0.1) is 11.5 Å². The number of amidine groups is 1. The smallest absolute Gasteiger partial charge is 0.233 e. The highest BCUT2D eigenvalue weighted by atomic mass is 16.4. The highest BCUT2D eigenvalue weighted by Gasteiger charge is 2.28. The Hall–Kier alpha value is -1.34. The van der Waals surface area contributed by atoms with E-state index in [4.69, 9.17) is 10.9 Å². The van der Waals surface area contributed by atoms with Crippen LogP contribution in [-0.2, 0) is 4.79 Å². The zero-order valence-corrected chi connectivity index (χ0v) is 11.8. The first-order valence-electron chi connectivity index (χ1n) is 6.45. The first kappa shape index (κ1) is 15.7.